The highest BCUT2D eigenvalue weighted by Gasteiger charge is 2.22. The number of nitrogens with zero attached hydrogens (tertiary/aromatic N) is 11. The molecule has 7 aromatic heterocycles. The number of hydrogen-bond donors (Lipinski definition) is 0. The van der Waals surface area contributed by atoms with E-state index >= 15 is 0 Å². The minimum Gasteiger partial charge on any atom is -0.495 e. The van der Waals surface area contributed by atoms with Gasteiger partial charge in [0.2, 0.25) is 0 Å². The van der Waals surface area contributed by atoms with Crippen LogP contribution in [0.4, 0.5) is 8.78 Å². The molecule has 0 saturated carbocycles. The molecule has 20 heteroatoms. The molecular weight excluding hydrogens is 865 g/mol. The van der Waals surface area contributed by atoms with E-state index in [0.717, 1.165) is 55.8 Å². The molecule has 0 radical (unpaired) electrons. The molecule has 0 fully saturated rings. The number of nitriles is 4. The van der Waals surface area contributed by atoms with Crippen molar-refractivity contribution in [3.8, 4) is 62.3 Å². The van der Waals surface area contributed by atoms with Gasteiger partial charge >= 0.3 is 11.4 Å². The van der Waals surface area contributed by atoms with Gasteiger partial charge in [0.05, 0.1) is 84.7 Å². The number of alkyl halides is 2. The fourth-order valence-corrected chi connectivity index (χ4v) is 8.99. The topological polar surface area (TPSA) is 231 Å². The van der Waals surface area contributed by atoms with Crippen molar-refractivity contribution in [1.29, 1.82) is 21.0 Å². The first-order valence-corrected chi connectivity index (χ1v) is 20.5. The van der Waals surface area contributed by atoms with Crippen LogP contribution < -0.4 is 27.2 Å². The summed E-state index contributed by atoms with van der Waals surface area (Å²) in [6.07, 6.45) is 3.92. The van der Waals surface area contributed by atoms with Crippen LogP contribution in [0.1, 0.15) is 41.7 Å². The van der Waals surface area contributed by atoms with Crippen LogP contribution in [0.25, 0.3) is 52.7 Å². The van der Waals surface area contributed by atoms with E-state index in [9.17, 15) is 38.5 Å². The van der Waals surface area contributed by atoms with Crippen LogP contribution in [0.15, 0.2) is 105 Å². The molecule has 0 saturated heterocycles. The molecule has 0 spiro atoms. The van der Waals surface area contributed by atoms with Gasteiger partial charge in [0.25, 0.3) is 17.5 Å². The van der Waals surface area contributed by atoms with Gasteiger partial charge in [0.15, 0.2) is 0 Å². The molecule has 0 aliphatic rings. The Balaban J connectivity index is 0.000000191. The lowest BCUT2D eigenvalue weighted by Gasteiger charge is -2.11. The van der Waals surface area contributed by atoms with Gasteiger partial charge in [-0.25, -0.2) is 32.5 Å². The number of methoxy groups -OCH3 is 1. The summed E-state index contributed by atoms with van der Waals surface area (Å²) in [5.74, 6) is 0.460. The summed E-state index contributed by atoms with van der Waals surface area (Å²) >= 11 is 2.24. The highest BCUT2D eigenvalue weighted by atomic mass is 32.1. The molecule has 0 amide bonds. The average Bonchev–Trinajstić information content (AvgIpc) is 3.96. The molecule has 0 aliphatic heterocycles. The second-order valence-electron chi connectivity index (χ2n) is 13.7. The number of aryl methyl sites for hydroxylation is 3. The van der Waals surface area contributed by atoms with Gasteiger partial charge in [0.1, 0.15) is 26.9 Å². The minimum atomic E-state index is -2.82. The molecule has 0 unspecified atom stereocenters. The summed E-state index contributed by atoms with van der Waals surface area (Å²) in [5, 5.41) is 37.0. The quantitative estimate of drug-likeness (QED) is 0.138. The molecule has 316 valence electrons. The number of rotatable bonds is 10. The molecule has 8 aromatic rings. The Morgan fingerprint density at radius 1 is 0.703 bits per heavy atom. The number of thiophene rings is 2. The van der Waals surface area contributed by atoms with Crippen LogP contribution >= 0.6 is 22.7 Å². The fraction of sp³-hybridized carbons (Fsp3) is 0.159. The van der Waals surface area contributed by atoms with E-state index in [4.69, 9.17) is 15.3 Å². The molecular formula is C44H29F2N11O5S2. The van der Waals surface area contributed by atoms with Gasteiger partial charge in [-0.05, 0) is 48.9 Å². The minimum absolute atomic E-state index is 0.00248. The van der Waals surface area contributed by atoms with E-state index in [1.54, 1.807) is 54.7 Å². The van der Waals surface area contributed by atoms with Gasteiger partial charge < -0.3 is 4.74 Å². The van der Waals surface area contributed by atoms with E-state index < -0.39 is 34.5 Å². The van der Waals surface area contributed by atoms with E-state index in [1.807, 2.05) is 25.1 Å². The van der Waals surface area contributed by atoms with Crippen molar-refractivity contribution in [3.05, 3.63) is 150 Å². The second-order valence-corrected chi connectivity index (χ2v) is 15.8. The maximum Gasteiger partial charge on any atom is 0.336 e. The first-order chi connectivity index (χ1) is 30.9. The van der Waals surface area contributed by atoms with Crippen LogP contribution in [0, 0.1) is 52.2 Å². The summed E-state index contributed by atoms with van der Waals surface area (Å²) in [6, 6.07) is 22.7. The van der Waals surface area contributed by atoms with Crippen molar-refractivity contribution in [1.82, 2.24) is 33.2 Å². The lowest BCUT2D eigenvalue weighted by atomic mass is 10.1. The van der Waals surface area contributed by atoms with Gasteiger partial charge in [-0.2, -0.15) is 21.0 Å². The normalized spacial score (nSPS) is 10.8. The molecule has 64 heavy (non-hydrogen) atoms. The van der Waals surface area contributed by atoms with E-state index in [1.165, 1.54) is 28.6 Å². The number of pyridine rings is 3. The zero-order valence-corrected chi connectivity index (χ0v) is 35.2. The Morgan fingerprint density at radius 2 is 1.27 bits per heavy atom. The zero-order chi connectivity index (χ0) is 45.7. The van der Waals surface area contributed by atoms with Crippen molar-refractivity contribution in [2.75, 3.05) is 7.11 Å². The number of benzene rings is 1. The first kappa shape index (κ1) is 43.7. The molecule has 16 nitrogen and oxygen atoms in total. The highest BCUT2D eigenvalue weighted by molar-refractivity contribution is 7.22. The van der Waals surface area contributed by atoms with Crippen LogP contribution in [-0.2, 0) is 13.1 Å². The average molecular weight is 894 g/mol. The van der Waals surface area contributed by atoms with E-state index in [-0.39, 0.29) is 42.0 Å². The van der Waals surface area contributed by atoms with E-state index in [0.29, 0.717) is 53.6 Å². The lowest BCUT2D eigenvalue weighted by molar-refractivity contribution is 0.151. The van der Waals surface area contributed by atoms with Crippen molar-refractivity contribution in [2.24, 2.45) is 0 Å². The fourth-order valence-electron chi connectivity index (χ4n) is 6.75. The Labute approximate surface area is 367 Å². The van der Waals surface area contributed by atoms with Crippen LogP contribution in [0.5, 0.6) is 5.75 Å². The summed E-state index contributed by atoms with van der Waals surface area (Å²) in [5.41, 5.74) is 0.537. The maximum absolute atomic E-state index is 13.4. The molecule has 1 aromatic carbocycles. The molecule has 0 N–H and O–H groups in total. The Morgan fingerprint density at radius 3 is 1.80 bits per heavy atom. The third-order valence-corrected chi connectivity index (χ3v) is 12.0. The van der Waals surface area contributed by atoms with Crippen molar-refractivity contribution in [2.45, 2.75) is 39.3 Å². The Hall–Kier alpha value is -8.43. The largest absolute Gasteiger partial charge is 0.495 e. The SMILES string of the molecule is COc1cnc(C#N)c(-c2cc3c(s2)c(=O)n(-c2cncc(C)c2)c(=O)n3CCC#N)c1.N#CCCn1c(=O)n(-c2cncc(C(F)F)c2)c(=O)c2sc(-c3ccccc3C#N)cc21. The summed E-state index contributed by atoms with van der Waals surface area (Å²) in [4.78, 5) is 66.3. The smallest absolute Gasteiger partial charge is 0.336 e. The predicted molar refractivity (Wildman–Crippen MR) is 234 cm³/mol. The standard InChI is InChI=1S/C22H13F2N5O2S.C22H16N6O3S/c23-20(24)14-8-15(12-27-11-14)29-21(30)19-17(28(22(29)31)7-3-6-25)9-18(32-19)16-5-2-1-4-13(16)10-26;1-13-6-14(11-25-10-13)28-21(29)20-18(27(22(28)30)5-3-4-23)8-19(32-20)16-7-15(31-2)12-26-17(16)9-24/h1-2,4-5,8-9,11-12,20H,3,7H2;6-8,10-12H,3,5H2,1-2H3. The van der Waals surface area contributed by atoms with Gasteiger partial charge in [-0.15, -0.1) is 22.7 Å². The molecule has 0 bridgehead atoms. The maximum atomic E-state index is 13.4. The highest BCUT2D eigenvalue weighted by Crippen LogP contribution is 2.36. The lowest BCUT2D eigenvalue weighted by Crippen LogP contribution is -2.38. The summed E-state index contributed by atoms with van der Waals surface area (Å²) in [6.45, 7) is 1.93. The molecule has 0 aliphatic carbocycles. The van der Waals surface area contributed by atoms with Crippen molar-refractivity contribution >= 4 is 43.1 Å². The number of aromatic nitrogens is 7. The van der Waals surface area contributed by atoms with E-state index in [2.05, 4.69) is 21.0 Å². The number of ether oxygens (including phenoxy) is 1. The third-order valence-electron chi connectivity index (χ3n) is 9.70. The predicted octanol–water partition coefficient (Wildman–Crippen LogP) is 6.77. The number of fused-ring (bicyclic) bond motifs is 2. The van der Waals surface area contributed by atoms with Crippen molar-refractivity contribution in [3.63, 3.8) is 0 Å². The zero-order valence-electron chi connectivity index (χ0n) is 33.5. The second kappa shape index (κ2) is 18.7. The van der Waals surface area contributed by atoms with Crippen LogP contribution in [-0.4, -0.2) is 40.3 Å². The van der Waals surface area contributed by atoms with Crippen LogP contribution in [0.2, 0.25) is 0 Å². The molecule has 0 atom stereocenters. The number of halogens is 2. The Bertz CT molecular complexity index is 3560. The summed E-state index contributed by atoms with van der Waals surface area (Å²) in [7, 11) is 1.49. The van der Waals surface area contributed by atoms with Gasteiger partial charge in [0, 0.05) is 51.9 Å². The summed E-state index contributed by atoms with van der Waals surface area (Å²) < 4.78 is 36.6. The third kappa shape index (κ3) is 8.30. The van der Waals surface area contributed by atoms with Crippen molar-refractivity contribution < 1.29 is 13.5 Å². The van der Waals surface area contributed by atoms with Crippen LogP contribution in [0.3, 0.4) is 0 Å². The Kier molecular flexibility index (Phi) is 12.7. The van der Waals surface area contributed by atoms with Gasteiger partial charge in [-0.3, -0.25) is 28.7 Å². The molecule has 8 rings (SSSR count). The molecule has 7 heterocycles. The monoisotopic (exact) mass is 893 g/mol. The first-order valence-electron chi connectivity index (χ1n) is 18.9. The number of hydrogen-bond acceptors (Lipinski definition) is 14. The van der Waals surface area contributed by atoms with Gasteiger partial charge in [-0.1, -0.05) is 18.2 Å².